The van der Waals surface area contributed by atoms with Crippen molar-refractivity contribution in [1.29, 1.82) is 0 Å². The van der Waals surface area contributed by atoms with Crippen LogP contribution in [0.4, 0.5) is 0 Å². The van der Waals surface area contributed by atoms with Crippen LogP contribution in [0.3, 0.4) is 0 Å². The van der Waals surface area contributed by atoms with Crippen LogP contribution in [0, 0.1) is 0 Å². The van der Waals surface area contributed by atoms with Gasteiger partial charge in [-0.05, 0) is 48.9 Å². The summed E-state index contributed by atoms with van der Waals surface area (Å²) < 4.78 is 24.3. The first-order valence-corrected chi connectivity index (χ1v) is 18.4. The average Bonchev–Trinajstić information content (AvgIpc) is 2.96. The predicted molar refractivity (Wildman–Crippen MR) is 175 cm³/mol. The van der Waals surface area contributed by atoms with E-state index >= 15 is 0 Å². The molecule has 0 fully saturated rings. The minimum Gasteiger partial charge on any atom is -0.395 e. The maximum atomic E-state index is 13.1. The van der Waals surface area contributed by atoms with Crippen molar-refractivity contribution in [3.63, 3.8) is 0 Å². The molecular formula is C36H59O4PZn. The van der Waals surface area contributed by atoms with Gasteiger partial charge < -0.3 is 9.05 Å². The van der Waals surface area contributed by atoms with Crippen molar-refractivity contribution in [1.82, 2.24) is 0 Å². The van der Waals surface area contributed by atoms with E-state index < -0.39 is 7.82 Å². The molecule has 2 aromatic rings. The van der Waals surface area contributed by atoms with Gasteiger partial charge in [-0.2, -0.15) is 0 Å². The van der Waals surface area contributed by atoms with Gasteiger partial charge in [0.1, 0.15) is 11.5 Å². The van der Waals surface area contributed by atoms with E-state index in [1.165, 1.54) is 116 Å². The third kappa shape index (κ3) is 18.5. The number of para-hydroxylation sites is 2. The molecule has 0 aliphatic carbocycles. The molecule has 2 aromatic carbocycles. The molecule has 0 aliphatic rings. The van der Waals surface area contributed by atoms with Gasteiger partial charge in [0.2, 0.25) is 0 Å². The fourth-order valence-electron chi connectivity index (χ4n) is 5.47. The van der Waals surface area contributed by atoms with Crippen LogP contribution in [0.25, 0.3) is 0 Å². The standard InChI is InChI=1S/C36H59O4P.Zn/c1-3-5-7-9-11-13-15-17-19-21-27-33-29-23-25-31-35(33)39-41(37,38)40-36-32-26-24-30-34(36)28-22-20-18-16-14-12-10-8-6-4-2;/h23-26,29-32H,3-22,27-28H2,1-2H3,(H,37,38);. The summed E-state index contributed by atoms with van der Waals surface area (Å²) >= 11 is 0. The molecule has 0 unspecified atom stereocenters. The molecule has 0 spiro atoms. The normalized spacial score (nSPS) is 11.3. The van der Waals surface area contributed by atoms with Crippen LogP contribution < -0.4 is 9.05 Å². The molecule has 42 heavy (non-hydrogen) atoms. The molecule has 2 rings (SSSR count). The Kier molecular flexibility index (Phi) is 23.3. The fourth-order valence-corrected chi connectivity index (χ4v) is 6.36. The monoisotopic (exact) mass is 650 g/mol. The van der Waals surface area contributed by atoms with E-state index in [0.29, 0.717) is 11.5 Å². The molecule has 0 saturated carbocycles. The smallest absolute Gasteiger partial charge is 0.395 e. The van der Waals surface area contributed by atoms with Crippen molar-refractivity contribution in [2.24, 2.45) is 0 Å². The third-order valence-corrected chi connectivity index (χ3v) is 8.83. The number of aryl methyl sites for hydroxylation is 2. The van der Waals surface area contributed by atoms with E-state index in [1.54, 1.807) is 12.1 Å². The Bertz CT molecular complexity index is 893. The maximum Gasteiger partial charge on any atom is 0.584 e. The maximum absolute atomic E-state index is 13.1. The first-order valence-electron chi connectivity index (χ1n) is 16.9. The van der Waals surface area contributed by atoms with Gasteiger partial charge >= 0.3 is 7.82 Å². The summed E-state index contributed by atoms with van der Waals surface area (Å²) in [4.78, 5) is 10.7. The number of phosphoric acid groups is 1. The molecule has 0 aromatic heterocycles. The molecule has 0 radical (unpaired) electrons. The Morgan fingerprint density at radius 1 is 0.500 bits per heavy atom. The van der Waals surface area contributed by atoms with E-state index in [9.17, 15) is 9.46 Å². The fraction of sp³-hybridized carbons (Fsp3) is 0.667. The molecule has 0 aliphatic heterocycles. The second-order valence-corrected chi connectivity index (χ2v) is 13.0. The van der Waals surface area contributed by atoms with Gasteiger partial charge in [-0.1, -0.05) is 166 Å². The zero-order valence-corrected chi connectivity index (χ0v) is 30.9. The van der Waals surface area contributed by atoms with Gasteiger partial charge in [0.15, 0.2) is 0 Å². The van der Waals surface area contributed by atoms with Gasteiger partial charge in [-0.3, -0.25) is 4.89 Å². The van der Waals surface area contributed by atoms with Crippen molar-refractivity contribution in [3.8, 4) is 11.5 Å². The molecule has 234 valence electrons. The van der Waals surface area contributed by atoms with Crippen LogP contribution in [-0.4, -0.2) is 4.89 Å². The van der Waals surface area contributed by atoms with Crippen LogP contribution in [0.15, 0.2) is 48.5 Å². The quantitative estimate of drug-likeness (QED) is 0.0624. The van der Waals surface area contributed by atoms with Crippen molar-refractivity contribution in [2.45, 2.75) is 155 Å². The zero-order chi connectivity index (χ0) is 29.4. The Morgan fingerprint density at radius 3 is 1.12 bits per heavy atom. The molecular weight excluding hydrogens is 593 g/mol. The summed E-state index contributed by atoms with van der Waals surface area (Å²) in [5, 5.41) is 0. The topological polar surface area (TPSA) is 55.8 Å². The SMILES string of the molecule is CCCCCCCCCCCCc1ccccc1OP(=O)(O)Oc1ccccc1CCCCCCCCCCCC.[Zn]. The summed E-state index contributed by atoms with van der Waals surface area (Å²) in [5.41, 5.74) is 1.92. The molecule has 4 nitrogen and oxygen atoms in total. The van der Waals surface area contributed by atoms with Gasteiger partial charge in [-0.25, -0.2) is 4.57 Å². The van der Waals surface area contributed by atoms with Crippen molar-refractivity contribution in [2.75, 3.05) is 0 Å². The predicted octanol–water partition coefficient (Wildman–Crippen LogP) is 12.2. The van der Waals surface area contributed by atoms with Crippen molar-refractivity contribution >= 4 is 7.82 Å². The van der Waals surface area contributed by atoms with E-state index in [0.717, 1.165) is 36.8 Å². The molecule has 0 heterocycles. The Morgan fingerprint density at radius 2 is 0.786 bits per heavy atom. The summed E-state index contributed by atoms with van der Waals surface area (Å²) in [6.07, 6.45) is 27.3. The van der Waals surface area contributed by atoms with Crippen molar-refractivity contribution < 1.29 is 38.0 Å². The molecule has 6 heteroatoms. The summed E-state index contributed by atoms with van der Waals surface area (Å²) in [6.45, 7) is 4.52. The molecule has 0 saturated heterocycles. The minimum atomic E-state index is -4.32. The Balaban J connectivity index is 0.00000882. The minimum absolute atomic E-state index is 0. The second kappa shape index (κ2) is 25.2. The first kappa shape index (κ1) is 38.9. The van der Waals surface area contributed by atoms with E-state index in [-0.39, 0.29) is 19.5 Å². The Labute approximate surface area is 271 Å². The van der Waals surface area contributed by atoms with Crippen LogP contribution in [0.2, 0.25) is 0 Å². The van der Waals surface area contributed by atoms with Crippen LogP contribution in [0.5, 0.6) is 11.5 Å². The number of benzene rings is 2. The van der Waals surface area contributed by atoms with E-state index in [4.69, 9.17) is 9.05 Å². The largest absolute Gasteiger partial charge is 0.584 e. The van der Waals surface area contributed by atoms with Gasteiger partial charge in [-0.15, -0.1) is 0 Å². The average molecular weight is 652 g/mol. The van der Waals surface area contributed by atoms with Gasteiger partial charge in [0.05, 0.1) is 0 Å². The number of phosphoric ester groups is 1. The Hall–Kier alpha value is -1.15. The van der Waals surface area contributed by atoms with Crippen LogP contribution in [-0.2, 0) is 36.9 Å². The molecule has 1 N–H and O–H groups in total. The van der Waals surface area contributed by atoms with Gasteiger partial charge in [0.25, 0.3) is 0 Å². The van der Waals surface area contributed by atoms with E-state index in [1.807, 2.05) is 36.4 Å². The second-order valence-electron chi connectivity index (χ2n) is 11.7. The summed E-state index contributed by atoms with van der Waals surface area (Å²) in [6, 6.07) is 15.1. The third-order valence-electron chi connectivity index (χ3n) is 7.97. The molecule has 0 bridgehead atoms. The first-order chi connectivity index (χ1) is 20.1. The van der Waals surface area contributed by atoms with Crippen LogP contribution in [0.1, 0.15) is 153 Å². The zero-order valence-electron chi connectivity index (χ0n) is 27.0. The van der Waals surface area contributed by atoms with Crippen LogP contribution >= 0.6 is 7.82 Å². The number of hydrogen-bond acceptors (Lipinski definition) is 3. The van der Waals surface area contributed by atoms with Gasteiger partial charge in [0, 0.05) is 19.5 Å². The number of rotatable bonds is 26. The summed E-state index contributed by atoms with van der Waals surface area (Å²) in [5.74, 6) is 0.892. The van der Waals surface area contributed by atoms with E-state index in [2.05, 4.69) is 13.8 Å². The van der Waals surface area contributed by atoms with Crippen molar-refractivity contribution in [3.05, 3.63) is 59.7 Å². The number of unbranched alkanes of at least 4 members (excludes halogenated alkanes) is 18. The molecule has 0 amide bonds. The summed E-state index contributed by atoms with van der Waals surface area (Å²) in [7, 11) is -4.32. The number of hydrogen-bond donors (Lipinski definition) is 1. The molecule has 0 atom stereocenters.